The first-order valence-corrected chi connectivity index (χ1v) is 9.35. The van der Waals surface area contributed by atoms with Crippen molar-refractivity contribution in [1.29, 1.82) is 0 Å². The second kappa shape index (κ2) is 7.38. The third-order valence-corrected chi connectivity index (χ3v) is 4.95. The predicted octanol–water partition coefficient (Wildman–Crippen LogP) is 5.22. The maximum Gasteiger partial charge on any atom is 0.222 e. The fraction of sp³-hybridized carbons (Fsp3) is 0.227. The van der Waals surface area contributed by atoms with E-state index in [1.165, 1.54) is 12.1 Å². The van der Waals surface area contributed by atoms with Crippen LogP contribution in [0.1, 0.15) is 25.5 Å². The van der Waals surface area contributed by atoms with Crippen molar-refractivity contribution in [2.75, 3.05) is 7.11 Å². The van der Waals surface area contributed by atoms with Crippen LogP contribution < -0.4 is 4.74 Å². The fourth-order valence-corrected chi connectivity index (χ4v) is 3.59. The van der Waals surface area contributed by atoms with E-state index in [2.05, 4.69) is 17.1 Å². The number of hydrogen-bond donors (Lipinski definition) is 2. The Hall–Kier alpha value is -3.28. The smallest absolute Gasteiger partial charge is 0.222 e. The van der Waals surface area contributed by atoms with E-state index in [0.29, 0.717) is 17.0 Å². The number of hydrogen-bond acceptors (Lipinski definition) is 3. The minimum Gasteiger partial charge on any atom is -0.496 e. The highest BCUT2D eigenvalue weighted by molar-refractivity contribution is 6.01. The molecule has 0 aliphatic carbocycles. The zero-order valence-corrected chi connectivity index (χ0v) is 15.9. The molecule has 0 unspecified atom stereocenters. The van der Waals surface area contributed by atoms with Crippen molar-refractivity contribution in [3.8, 4) is 28.6 Å². The Morgan fingerprint density at radius 3 is 2.61 bits per heavy atom. The number of aromatic hydroxyl groups is 1. The number of fused-ring (bicyclic) bond motifs is 1. The van der Waals surface area contributed by atoms with Gasteiger partial charge in [-0.2, -0.15) is 5.10 Å². The summed E-state index contributed by atoms with van der Waals surface area (Å²) in [6, 6.07) is 13.7. The van der Waals surface area contributed by atoms with Crippen LogP contribution in [0.3, 0.4) is 0 Å². The minimum absolute atomic E-state index is 0.0396. The molecule has 28 heavy (non-hydrogen) atoms. The Bertz CT molecular complexity index is 1110. The van der Waals surface area contributed by atoms with E-state index >= 15 is 0 Å². The number of halogens is 1. The van der Waals surface area contributed by atoms with Gasteiger partial charge >= 0.3 is 0 Å². The molecule has 0 aliphatic heterocycles. The van der Waals surface area contributed by atoms with Crippen molar-refractivity contribution in [3.05, 3.63) is 60.0 Å². The van der Waals surface area contributed by atoms with Crippen LogP contribution in [0, 0.1) is 5.82 Å². The van der Waals surface area contributed by atoms with E-state index in [0.717, 1.165) is 41.6 Å². The summed E-state index contributed by atoms with van der Waals surface area (Å²) in [5, 5.41) is 19.3. The summed E-state index contributed by atoms with van der Waals surface area (Å²) in [5.74, 6) is 0.399. The van der Waals surface area contributed by atoms with Crippen LogP contribution in [-0.4, -0.2) is 27.0 Å². The molecule has 2 aromatic heterocycles. The van der Waals surface area contributed by atoms with Crippen molar-refractivity contribution in [3.63, 3.8) is 0 Å². The van der Waals surface area contributed by atoms with Gasteiger partial charge in [-0.1, -0.05) is 25.5 Å². The number of aromatic nitrogens is 3. The van der Waals surface area contributed by atoms with Crippen molar-refractivity contribution >= 4 is 10.9 Å². The summed E-state index contributed by atoms with van der Waals surface area (Å²) < 4.78 is 20.8. The average molecular weight is 379 g/mol. The zero-order chi connectivity index (χ0) is 19.7. The minimum atomic E-state index is -0.329. The molecule has 0 amide bonds. The molecule has 0 fully saturated rings. The van der Waals surface area contributed by atoms with Crippen LogP contribution in [0.5, 0.6) is 11.6 Å². The Labute approximate surface area is 162 Å². The lowest BCUT2D eigenvalue weighted by Crippen LogP contribution is -2.00. The van der Waals surface area contributed by atoms with Gasteiger partial charge in [-0.15, -0.1) is 0 Å². The van der Waals surface area contributed by atoms with Crippen LogP contribution in [-0.2, 0) is 6.42 Å². The molecule has 0 atom stereocenters. The topological polar surface area (TPSA) is 63.1 Å². The number of methoxy groups -OCH3 is 1. The van der Waals surface area contributed by atoms with Gasteiger partial charge in [0.2, 0.25) is 5.88 Å². The van der Waals surface area contributed by atoms with Crippen LogP contribution in [0.2, 0.25) is 0 Å². The summed E-state index contributed by atoms with van der Waals surface area (Å²) in [5.41, 5.74) is 3.73. The van der Waals surface area contributed by atoms with Gasteiger partial charge in [-0.25, -0.2) is 4.39 Å². The predicted molar refractivity (Wildman–Crippen MR) is 108 cm³/mol. The maximum absolute atomic E-state index is 13.5. The molecule has 0 bridgehead atoms. The van der Waals surface area contributed by atoms with Gasteiger partial charge in [0.15, 0.2) is 0 Å². The number of ether oxygens (including phenoxy) is 1. The summed E-state index contributed by atoms with van der Waals surface area (Å²) in [6.07, 6.45) is 2.84. The van der Waals surface area contributed by atoms with E-state index in [9.17, 15) is 9.50 Å². The van der Waals surface area contributed by atoms with Gasteiger partial charge in [0.25, 0.3) is 0 Å². The van der Waals surface area contributed by atoms with E-state index in [1.807, 2.05) is 24.3 Å². The van der Waals surface area contributed by atoms with E-state index in [-0.39, 0.29) is 11.7 Å². The summed E-state index contributed by atoms with van der Waals surface area (Å²) >= 11 is 0. The van der Waals surface area contributed by atoms with Crippen LogP contribution >= 0.6 is 0 Å². The van der Waals surface area contributed by atoms with Crippen LogP contribution in [0.25, 0.3) is 27.8 Å². The molecule has 4 aromatic rings. The molecule has 0 spiro atoms. The van der Waals surface area contributed by atoms with Gasteiger partial charge in [-0.05, 0) is 49.2 Å². The number of para-hydroxylation sites is 1. The van der Waals surface area contributed by atoms with Gasteiger partial charge in [0.05, 0.1) is 23.9 Å². The zero-order valence-electron chi connectivity index (χ0n) is 15.9. The summed E-state index contributed by atoms with van der Waals surface area (Å²) in [6.45, 7) is 2.13. The molecule has 0 saturated carbocycles. The molecule has 2 heterocycles. The molecule has 6 heteroatoms. The monoisotopic (exact) mass is 379 g/mol. The van der Waals surface area contributed by atoms with Gasteiger partial charge in [-0.3, -0.25) is 9.67 Å². The highest BCUT2D eigenvalue weighted by Crippen LogP contribution is 2.44. The number of rotatable bonds is 6. The second-order valence-electron chi connectivity index (χ2n) is 6.71. The lowest BCUT2D eigenvalue weighted by atomic mass is 10.0. The second-order valence-corrected chi connectivity index (χ2v) is 6.71. The Balaban J connectivity index is 2.06. The van der Waals surface area contributed by atoms with Gasteiger partial charge in [0, 0.05) is 11.3 Å². The maximum atomic E-state index is 13.5. The quantitative estimate of drug-likeness (QED) is 0.483. The number of unbranched alkanes of at least 4 members (excludes halogenated alkanes) is 1. The Morgan fingerprint density at radius 1 is 1.14 bits per heavy atom. The van der Waals surface area contributed by atoms with Gasteiger partial charge < -0.3 is 9.84 Å². The first-order chi connectivity index (χ1) is 13.7. The fourth-order valence-electron chi connectivity index (χ4n) is 3.59. The normalized spacial score (nSPS) is 11.2. The number of aromatic amines is 1. The molecule has 2 N–H and O–H groups in total. The molecular formula is C22H22FN3O2. The van der Waals surface area contributed by atoms with E-state index < -0.39 is 0 Å². The lowest BCUT2D eigenvalue weighted by Gasteiger charge is -2.14. The Kier molecular flexibility index (Phi) is 4.77. The Morgan fingerprint density at radius 2 is 1.89 bits per heavy atom. The van der Waals surface area contributed by atoms with Crippen molar-refractivity contribution in [2.24, 2.45) is 0 Å². The highest BCUT2D eigenvalue weighted by atomic mass is 19.1. The van der Waals surface area contributed by atoms with Crippen molar-refractivity contribution in [1.82, 2.24) is 14.8 Å². The average Bonchev–Trinajstić information content (AvgIpc) is 3.26. The lowest BCUT2D eigenvalue weighted by molar-refractivity contribution is 0.416. The number of H-pyrrole nitrogens is 1. The van der Waals surface area contributed by atoms with Gasteiger partial charge in [0.1, 0.15) is 17.1 Å². The molecule has 5 nitrogen and oxygen atoms in total. The number of aryl methyl sites for hydroxylation is 1. The SMILES string of the molecule is CCCCc1n[nH]c2c(O)n(-c3ccc(F)cc3)c(-c3ccccc3OC)c12. The summed E-state index contributed by atoms with van der Waals surface area (Å²) in [7, 11) is 1.62. The first-order valence-electron chi connectivity index (χ1n) is 9.35. The summed E-state index contributed by atoms with van der Waals surface area (Å²) in [4.78, 5) is 0. The van der Waals surface area contributed by atoms with Crippen LogP contribution in [0.4, 0.5) is 4.39 Å². The standard InChI is InChI=1S/C22H22FN3O2/c1-3-4-8-17-19-20(25-24-17)22(27)26(15-12-10-14(23)11-13-15)21(19)16-7-5-6-9-18(16)28-2/h5-7,9-13,25,27H,3-4,8H2,1-2H3. The highest BCUT2D eigenvalue weighted by Gasteiger charge is 2.25. The van der Waals surface area contributed by atoms with E-state index in [1.54, 1.807) is 23.8 Å². The van der Waals surface area contributed by atoms with E-state index in [4.69, 9.17) is 4.74 Å². The van der Waals surface area contributed by atoms with Crippen molar-refractivity contribution < 1.29 is 14.2 Å². The molecule has 144 valence electrons. The number of nitrogens with one attached hydrogen (secondary N) is 1. The molecule has 0 radical (unpaired) electrons. The number of benzene rings is 2. The third-order valence-electron chi connectivity index (χ3n) is 4.95. The molecule has 2 aromatic carbocycles. The number of nitrogens with zero attached hydrogens (tertiary/aromatic N) is 2. The first kappa shape index (κ1) is 18.1. The van der Waals surface area contributed by atoms with Crippen LogP contribution in [0.15, 0.2) is 48.5 Å². The molecule has 0 saturated heterocycles. The van der Waals surface area contributed by atoms with Crippen molar-refractivity contribution in [2.45, 2.75) is 26.2 Å². The third kappa shape index (κ3) is 2.91. The molecule has 0 aliphatic rings. The largest absolute Gasteiger partial charge is 0.496 e. The molecular weight excluding hydrogens is 357 g/mol. The molecule has 4 rings (SSSR count).